The predicted molar refractivity (Wildman–Crippen MR) is 310 cm³/mol. The molecule has 3 saturated carbocycles. The van der Waals surface area contributed by atoms with Crippen LogP contribution >= 0.6 is 43.2 Å². The third-order valence-electron chi connectivity index (χ3n) is 10.7. The maximum atomic E-state index is 12.2. The number of ether oxygens (including phenoxy) is 2. The molecule has 0 radical (unpaired) electrons. The summed E-state index contributed by atoms with van der Waals surface area (Å²) in [7, 11) is -1.04. The Labute approximate surface area is 440 Å². The van der Waals surface area contributed by atoms with Gasteiger partial charge in [-0.25, -0.2) is 9.59 Å². The summed E-state index contributed by atoms with van der Waals surface area (Å²) in [5, 5.41) is 23.3. The number of halogens is 2. The van der Waals surface area contributed by atoms with Crippen LogP contribution < -0.4 is 0 Å². The normalized spacial score (nSPS) is 13.3. The highest BCUT2D eigenvalue weighted by molar-refractivity contribution is 9.10. The molecule has 3 aliphatic carbocycles. The van der Waals surface area contributed by atoms with Crippen LogP contribution in [0.4, 0.5) is 9.59 Å². The number of nitrogens with one attached hydrogen (secondary N) is 1. The van der Waals surface area contributed by atoms with Crippen molar-refractivity contribution in [2.24, 2.45) is 0 Å². The summed E-state index contributed by atoms with van der Waals surface area (Å²) in [4.78, 5) is 27.4. The van der Waals surface area contributed by atoms with Crippen LogP contribution in [-0.4, -0.2) is 54.7 Å². The minimum absolute atomic E-state index is 0. The highest BCUT2D eigenvalue weighted by atomic mass is 79.9. The number of thiophene rings is 1. The summed E-state index contributed by atoms with van der Waals surface area (Å²) in [6.45, 7) is 11.2. The van der Waals surface area contributed by atoms with Gasteiger partial charge in [-0.1, -0.05) is 126 Å². The van der Waals surface area contributed by atoms with E-state index in [0.29, 0.717) is 5.92 Å². The monoisotopic (exact) mass is 1100 g/mol. The number of aromatic nitrogens is 3. The van der Waals surface area contributed by atoms with E-state index in [1.165, 1.54) is 62.4 Å². The maximum Gasteiger partial charge on any atom is 0.454 e. The van der Waals surface area contributed by atoms with Crippen molar-refractivity contribution in [2.45, 2.75) is 153 Å². The van der Waals surface area contributed by atoms with Crippen molar-refractivity contribution in [3.05, 3.63) is 141 Å². The first-order valence-corrected chi connectivity index (χ1v) is 24.3. The van der Waals surface area contributed by atoms with Crippen molar-refractivity contribution in [3.63, 3.8) is 0 Å². The first kappa shape index (κ1) is 63.4. The summed E-state index contributed by atoms with van der Waals surface area (Å²) in [5.74, 6) is 1.76. The Morgan fingerprint density at radius 2 is 1.04 bits per heavy atom. The van der Waals surface area contributed by atoms with Crippen LogP contribution in [0.25, 0.3) is 42.8 Å². The van der Waals surface area contributed by atoms with E-state index in [4.69, 9.17) is 19.5 Å². The quantitative estimate of drug-likeness (QED) is 0.152. The van der Waals surface area contributed by atoms with Crippen LogP contribution in [-0.2, 0) is 9.47 Å². The van der Waals surface area contributed by atoms with Gasteiger partial charge in [-0.2, -0.15) is 0 Å². The van der Waals surface area contributed by atoms with Crippen LogP contribution in [0.1, 0.15) is 148 Å². The third-order valence-corrected chi connectivity index (χ3v) is 12.6. The second-order valence-electron chi connectivity index (χ2n) is 18.6. The molecule has 13 heteroatoms. The smallest absolute Gasteiger partial charge is 0.443 e. The largest absolute Gasteiger partial charge is 0.454 e. The van der Waals surface area contributed by atoms with Gasteiger partial charge in [0, 0.05) is 48.5 Å². The molecule has 9 nitrogen and oxygen atoms in total. The molecule has 4 aromatic carbocycles. The SMILES string of the molecule is Brc1ccc2ccsc2c1.C.C.C.C.C.C.CC(C)(C)OC(=O)n1ccc2ccc(Br)cc21.CC(C)(C)OC(=O)n1ccc2ccc(C3CC3)cc21.OB(O)C1CC1.c1cc2ccc(C3CC3)cc2[nH]1. The van der Waals surface area contributed by atoms with E-state index in [2.05, 4.69) is 109 Å². The van der Waals surface area contributed by atoms with Gasteiger partial charge in [-0.05, 0) is 173 Å². The van der Waals surface area contributed by atoms with Crippen molar-refractivity contribution >= 4 is 105 Å². The number of H-pyrrole nitrogens is 1. The zero-order valence-corrected chi connectivity index (χ0v) is 41.2. The van der Waals surface area contributed by atoms with Gasteiger partial charge in [0.25, 0.3) is 0 Å². The lowest BCUT2D eigenvalue weighted by atomic mass is 9.84. The second-order valence-corrected chi connectivity index (χ2v) is 21.4. The average Bonchev–Trinajstić information content (AvgIpc) is 4.20. The Kier molecular flexibility index (Phi) is 24.7. The molecule has 3 N–H and O–H groups in total. The fourth-order valence-corrected chi connectivity index (χ4v) is 8.61. The van der Waals surface area contributed by atoms with Crippen LogP contribution in [0.5, 0.6) is 0 Å². The molecule has 0 atom stereocenters. The Morgan fingerprint density at radius 1 is 0.586 bits per heavy atom. The van der Waals surface area contributed by atoms with Gasteiger partial charge < -0.3 is 24.5 Å². The minimum Gasteiger partial charge on any atom is -0.443 e. The van der Waals surface area contributed by atoms with Gasteiger partial charge in [-0.3, -0.25) is 9.13 Å². The number of nitrogens with zero attached hydrogens (tertiary/aromatic N) is 2. The average molecular weight is 1110 g/mol. The Morgan fingerprint density at radius 3 is 1.51 bits per heavy atom. The number of carbonyl (C=O) groups is 2. The lowest BCUT2D eigenvalue weighted by molar-refractivity contribution is 0.0533. The Bertz CT molecular complexity index is 2860. The lowest BCUT2D eigenvalue weighted by Crippen LogP contribution is -2.26. The molecule has 382 valence electrons. The summed E-state index contributed by atoms with van der Waals surface area (Å²) < 4.78 is 17.3. The second kappa shape index (κ2) is 27.2. The van der Waals surface area contributed by atoms with Crippen molar-refractivity contribution < 1.29 is 29.1 Å². The van der Waals surface area contributed by atoms with E-state index in [9.17, 15) is 9.59 Å². The van der Waals surface area contributed by atoms with Gasteiger partial charge in [0.15, 0.2) is 0 Å². The van der Waals surface area contributed by atoms with Gasteiger partial charge >= 0.3 is 19.3 Å². The number of hydrogen-bond acceptors (Lipinski definition) is 7. The summed E-state index contributed by atoms with van der Waals surface area (Å²) in [6.07, 6.45) is 12.1. The van der Waals surface area contributed by atoms with Crippen LogP contribution in [0.2, 0.25) is 5.82 Å². The molecule has 0 saturated heterocycles. The van der Waals surface area contributed by atoms with Crippen LogP contribution in [0.15, 0.2) is 130 Å². The fourth-order valence-electron chi connectivity index (χ4n) is 6.92. The molecule has 8 aromatic rings. The molecular weight excluding hydrogens is 1030 g/mol. The Balaban J connectivity index is 0.000000444. The molecule has 0 aliphatic heterocycles. The molecule has 3 aliphatic rings. The summed E-state index contributed by atoms with van der Waals surface area (Å²) >= 11 is 8.59. The van der Waals surface area contributed by atoms with E-state index in [1.807, 2.05) is 78.1 Å². The van der Waals surface area contributed by atoms with Crippen molar-refractivity contribution in [3.8, 4) is 0 Å². The lowest BCUT2D eigenvalue weighted by Gasteiger charge is -2.19. The number of hydrogen-bond donors (Lipinski definition) is 3. The molecule has 4 aromatic heterocycles. The molecule has 70 heavy (non-hydrogen) atoms. The summed E-state index contributed by atoms with van der Waals surface area (Å²) in [6, 6.07) is 33.4. The molecular formula is C57H80BBr2N3O6S. The molecule has 0 amide bonds. The van der Waals surface area contributed by atoms with Crippen molar-refractivity contribution in [2.75, 3.05) is 0 Å². The zero-order chi connectivity index (χ0) is 45.8. The van der Waals surface area contributed by atoms with Crippen molar-refractivity contribution in [1.82, 2.24) is 14.1 Å². The van der Waals surface area contributed by atoms with E-state index >= 15 is 0 Å². The van der Waals surface area contributed by atoms with Crippen molar-refractivity contribution in [1.29, 1.82) is 0 Å². The third kappa shape index (κ3) is 18.2. The maximum absolute atomic E-state index is 12.2. The number of benzene rings is 4. The first-order valence-electron chi connectivity index (χ1n) is 21.8. The van der Waals surface area contributed by atoms with Crippen LogP contribution in [0.3, 0.4) is 0 Å². The number of carbonyl (C=O) groups excluding carboxylic acids is 2. The zero-order valence-electron chi connectivity index (χ0n) is 37.2. The minimum atomic E-state index is -1.04. The van der Waals surface area contributed by atoms with E-state index < -0.39 is 18.3 Å². The van der Waals surface area contributed by atoms with Gasteiger partial charge in [0.1, 0.15) is 11.2 Å². The molecule has 11 rings (SSSR count). The molecule has 0 unspecified atom stereocenters. The first-order chi connectivity index (χ1) is 30.4. The molecule has 3 fully saturated rings. The standard InChI is InChI=1S/C16H19NO2.C13H14BrNO2.C11H11N.C8H5BrS.C3H7BO2.6CH4/c1-16(2,3)19-15(18)17-9-8-12-6-7-13(10-14(12)17)11-4-5-11;1-13(2,3)17-12(16)15-7-6-9-4-5-10(14)8-11(9)15;1-2-8(1)10-4-3-9-5-6-12-11(9)7-10;9-7-2-1-6-3-4-10-8(6)5-7;5-4(6)3-1-2-3;;;;;;/h6-11H,4-5H2,1-3H3;4-8H,1-3H3;3-8,12H,1-2H2;1-5H;3,5-6H,1-2H2;6*1H4. The predicted octanol–water partition coefficient (Wildman–Crippen LogP) is 18.6. The highest BCUT2D eigenvalue weighted by Crippen LogP contribution is 2.42. The summed E-state index contributed by atoms with van der Waals surface area (Å²) in [5.41, 5.74) is 4.94. The molecule has 0 bridgehead atoms. The van der Waals surface area contributed by atoms with Gasteiger partial charge in [-0.15, -0.1) is 11.3 Å². The van der Waals surface area contributed by atoms with E-state index in [1.54, 1.807) is 28.3 Å². The van der Waals surface area contributed by atoms with Gasteiger partial charge in [0.05, 0.1) is 11.0 Å². The fraction of sp³-hybridized carbons (Fsp3) is 0.404. The molecule has 4 heterocycles. The van der Waals surface area contributed by atoms with E-state index in [0.717, 1.165) is 49.5 Å². The topological polar surface area (TPSA) is 119 Å². The Hall–Kier alpha value is -4.66. The van der Waals surface area contributed by atoms with E-state index in [-0.39, 0.29) is 62.6 Å². The molecule has 0 spiro atoms. The number of aromatic amines is 1. The highest BCUT2D eigenvalue weighted by Gasteiger charge is 2.33. The van der Waals surface area contributed by atoms with Crippen LogP contribution in [0, 0.1) is 0 Å². The number of rotatable bonds is 3. The van der Waals surface area contributed by atoms with Gasteiger partial charge in [0.2, 0.25) is 0 Å². The number of fused-ring (bicyclic) bond motifs is 4.